The second-order valence-electron chi connectivity index (χ2n) is 5.69. The maximum Gasteiger partial charge on any atom is 0.273 e. The van der Waals surface area contributed by atoms with Crippen molar-refractivity contribution in [1.29, 1.82) is 0 Å². The third-order valence-corrected chi connectivity index (χ3v) is 4.17. The van der Waals surface area contributed by atoms with E-state index in [0.717, 1.165) is 0 Å². The van der Waals surface area contributed by atoms with Gasteiger partial charge in [-0.3, -0.25) is 24.8 Å². The summed E-state index contributed by atoms with van der Waals surface area (Å²) in [5.74, 6) is 0.00254. The van der Waals surface area contributed by atoms with Crippen LogP contribution in [0, 0.1) is 10.1 Å². The van der Waals surface area contributed by atoms with Gasteiger partial charge in [0.2, 0.25) is 0 Å². The van der Waals surface area contributed by atoms with Gasteiger partial charge in [0.05, 0.1) is 4.92 Å². The number of rotatable bonds is 4. The minimum absolute atomic E-state index is 0.00254. The Bertz CT molecular complexity index is 728. The number of carbonyl (C=O) groups excluding carboxylic acids is 1. The zero-order chi connectivity index (χ0) is 16.9. The first-order chi connectivity index (χ1) is 11.6. The van der Waals surface area contributed by atoms with Crippen molar-refractivity contribution in [3.8, 4) is 0 Å². The van der Waals surface area contributed by atoms with E-state index in [-0.39, 0.29) is 16.5 Å². The standard InChI is InChI=1S/C17H18N4O3/c22-17(14-5-7-18-8-6-14)20-11-9-19(10-12-20)13-15-3-1-2-4-16(15)21(23)24/h1-8H,9-13H2. The molecule has 124 valence electrons. The van der Waals surface area contributed by atoms with E-state index >= 15 is 0 Å². The number of benzene rings is 1. The molecule has 0 radical (unpaired) electrons. The van der Waals surface area contributed by atoms with Crippen molar-refractivity contribution in [3.05, 3.63) is 70.0 Å². The molecule has 24 heavy (non-hydrogen) atoms. The van der Waals surface area contributed by atoms with Crippen molar-refractivity contribution in [2.45, 2.75) is 6.54 Å². The molecule has 2 aromatic rings. The van der Waals surface area contributed by atoms with Crippen molar-refractivity contribution in [2.24, 2.45) is 0 Å². The van der Waals surface area contributed by atoms with Crippen molar-refractivity contribution >= 4 is 11.6 Å². The van der Waals surface area contributed by atoms with E-state index in [1.165, 1.54) is 6.07 Å². The molecule has 1 amide bonds. The predicted molar refractivity (Wildman–Crippen MR) is 88.5 cm³/mol. The predicted octanol–water partition coefficient (Wildman–Crippen LogP) is 1.95. The highest BCUT2D eigenvalue weighted by atomic mass is 16.6. The molecule has 1 aliphatic heterocycles. The third-order valence-electron chi connectivity index (χ3n) is 4.17. The Labute approximate surface area is 139 Å². The molecule has 0 saturated carbocycles. The highest BCUT2D eigenvalue weighted by Gasteiger charge is 2.23. The van der Waals surface area contributed by atoms with E-state index in [9.17, 15) is 14.9 Å². The lowest BCUT2D eigenvalue weighted by Crippen LogP contribution is -2.48. The van der Waals surface area contributed by atoms with Gasteiger partial charge in [-0.05, 0) is 12.1 Å². The molecule has 0 unspecified atom stereocenters. The van der Waals surface area contributed by atoms with E-state index < -0.39 is 0 Å². The molecule has 7 heteroatoms. The lowest BCUT2D eigenvalue weighted by molar-refractivity contribution is -0.385. The number of hydrogen-bond donors (Lipinski definition) is 0. The molecule has 1 aliphatic rings. The third kappa shape index (κ3) is 3.57. The second kappa shape index (κ2) is 7.18. The quantitative estimate of drug-likeness (QED) is 0.634. The van der Waals surface area contributed by atoms with E-state index in [1.54, 1.807) is 36.7 Å². The van der Waals surface area contributed by atoms with E-state index in [2.05, 4.69) is 9.88 Å². The molecule has 0 N–H and O–H groups in total. The van der Waals surface area contributed by atoms with Crippen molar-refractivity contribution < 1.29 is 9.72 Å². The highest BCUT2D eigenvalue weighted by Crippen LogP contribution is 2.20. The number of nitro groups is 1. The van der Waals surface area contributed by atoms with Gasteiger partial charge < -0.3 is 4.90 Å². The number of para-hydroxylation sites is 1. The SMILES string of the molecule is O=C(c1ccncc1)N1CCN(Cc2ccccc2[N+](=O)[O-])CC1. The lowest BCUT2D eigenvalue weighted by Gasteiger charge is -2.34. The zero-order valence-corrected chi connectivity index (χ0v) is 13.2. The van der Waals surface area contributed by atoms with Crippen LogP contribution in [0.4, 0.5) is 5.69 Å². The molecule has 1 fully saturated rings. The van der Waals surface area contributed by atoms with Gasteiger partial charge in [-0.2, -0.15) is 0 Å². The summed E-state index contributed by atoms with van der Waals surface area (Å²) >= 11 is 0. The monoisotopic (exact) mass is 326 g/mol. The Kier molecular flexibility index (Phi) is 4.81. The fourth-order valence-electron chi connectivity index (χ4n) is 2.85. The smallest absolute Gasteiger partial charge is 0.273 e. The van der Waals surface area contributed by atoms with Crippen LogP contribution in [0.1, 0.15) is 15.9 Å². The highest BCUT2D eigenvalue weighted by molar-refractivity contribution is 5.94. The molecule has 0 spiro atoms. The maximum absolute atomic E-state index is 12.4. The largest absolute Gasteiger partial charge is 0.336 e. The van der Waals surface area contributed by atoms with Crippen LogP contribution in [0.3, 0.4) is 0 Å². The van der Waals surface area contributed by atoms with Crippen molar-refractivity contribution in [3.63, 3.8) is 0 Å². The van der Waals surface area contributed by atoms with Gasteiger partial charge in [0.25, 0.3) is 11.6 Å². The van der Waals surface area contributed by atoms with E-state index in [4.69, 9.17) is 0 Å². The normalized spacial score (nSPS) is 15.2. The van der Waals surface area contributed by atoms with Gasteiger partial charge in [0, 0.05) is 62.3 Å². The van der Waals surface area contributed by atoms with Crippen LogP contribution in [-0.2, 0) is 6.54 Å². The van der Waals surface area contributed by atoms with Crippen LogP contribution in [0.2, 0.25) is 0 Å². The van der Waals surface area contributed by atoms with Gasteiger partial charge in [-0.1, -0.05) is 18.2 Å². The van der Waals surface area contributed by atoms with Crippen molar-refractivity contribution in [2.75, 3.05) is 26.2 Å². The number of nitro benzene ring substituents is 1. The molecular formula is C17H18N4O3. The van der Waals surface area contributed by atoms with Gasteiger partial charge in [-0.25, -0.2) is 0 Å². The average molecular weight is 326 g/mol. The first-order valence-corrected chi connectivity index (χ1v) is 7.79. The molecular weight excluding hydrogens is 308 g/mol. The number of hydrogen-bond acceptors (Lipinski definition) is 5. The Morgan fingerprint density at radius 2 is 1.75 bits per heavy atom. The summed E-state index contributed by atoms with van der Waals surface area (Å²) in [7, 11) is 0. The van der Waals surface area contributed by atoms with Gasteiger partial charge in [0.15, 0.2) is 0 Å². The average Bonchev–Trinajstić information content (AvgIpc) is 2.63. The number of amides is 1. The summed E-state index contributed by atoms with van der Waals surface area (Å²) in [5, 5.41) is 11.1. The van der Waals surface area contributed by atoms with Gasteiger partial charge in [0.1, 0.15) is 0 Å². The van der Waals surface area contributed by atoms with Crippen LogP contribution in [-0.4, -0.2) is 51.8 Å². The van der Waals surface area contributed by atoms with Crippen LogP contribution >= 0.6 is 0 Å². The minimum Gasteiger partial charge on any atom is -0.336 e. The fourth-order valence-corrected chi connectivity index (χ4v) is 2.85. The summed E-state index contributed by atoms with van der Waals surface area (Å²) in [6.45, 7) is 3.14. The number of piperazine rings is 1. The summed E-state index contributed by atoms with van der Waals surface area (Å²) in [6.07, 6.45) is 3.22. The molecule has 2 heterocycles. The van der Waals surface area contributed by atoms with Crippen molar-refractivity contribution in [1.82, 2.24) is 14.8 Å². The Morgan fingerprint density at radius 1 is 1.08 bits per heavy atom. The summed E-state index contributed by atoms with van der Waals surface area (Å²) < 4.78 is 0. The molecule has 0 atom stereocenters. The summed E-state index contributed by atoms with van der Waals surface area (Å²) in [5.41, 5.74) is 1.49. The number of aromatic nitrogens is 1. The zero-order valence-electron chi connectivity index (χ0n) is 13.2. The van der Waals surface area contributed by atoms with Gasteiger partial charge >= 0.3 is 0 Å². The number of carbonyl (C=O) groups is 1. The first kappa shape index (κ1) is 16.1. The number of nitrogens with zero attached hydrogens (tertiary/aromatic N) is 4. The molecule has 0 aliphatic carbocycles. The summed E-state index contributed by atoms with van der Waals surface area (Å²) in [6, 6.07) is 10.2. The Hall–Kier alpha value is -2.80. The molecule has 7 nitrogen and oxygen atoms in total. The molecule has 3 rings (SSSR count). The summed E-state index contributed by atoms with van der Waals surface area (Å²) in [4.78, 5) is 31.0. The molecule has 0 bridgehead atoms. The molecule has 1 aromatic carbocycles. The van der Waals surface area contributed by atoms with Crippen LogP contribution in [0.5, 0.6) is 0 Å². The maximum atomic E-state index is 12.4. The second-order valence-corrected chi connectivity index (χ2v) is 5.69. The van der Waals surface area contributed by atoms with Gasteiger partial charge in [-0.15, -0.1) is 0 Å². The Balaban J connectivity index is 1.60. The van der Waals surface area contributed by atoms with Crippen LogP contribution in [0.15, 0.2) is 48.8 Å². The lowest BCUT2D eigenvalue weighted by atomic mass is 10.1. The molecule has 1 saturated heterocycles. The van der Waals surface area contributed by atoms with E-state index in [1.807, 2.05) is 11.0 Å². The fraction of sp³-hybridized carbons (Fsp3) is 0.294. The first-order valence-electron chi connectivity index (χ1n) is 7.79. The Morgan fingerprint density at radius 3 is 2.42 bits per heavy atom. The van der Waals surface area contributed by atoms with E-state index in [0.29, 0.717) is 43.9 Å². The topological polar surface area (TPSA) is 79.6 Å². The van der Waals surface area contributed by atoms with Crippen LogP contribution < -0.4 is 0 Å². The number of pyridine rings is 1. The van der Waals surface area contributed by atoms with Crippen LogP contribution in [0.25, 0.3) is 0 Å². The molecule has 1 aromatic heterocycles. The minimum atomic E-state index is -0.349.